The maximum atomic E-state index is 12.5. The molecule has 0 unspecified atom stereocenters. The van der Waals surface area contributed by atoms with Gasteiger partial charge in [-0.3, -0.25) is 9.89 Å². The lowest BCUT2D eigenvalue weighted by molar-refractivity contribution is 0.0947. The number of aromatic nitrogens is 3. The summed E-state index contributed by atoms with van der Waals surface area (Å²) in [6, 6.07) is 11.9. The first-order chi connectivity index (χ1) is 13.8. The van der Waals surface area contributed by atoms with E-state index in [0.29, 0.717) is 18.3 Å². The Morgan fingerprint density at radius 2 is 2.14 bits per heavy atom. The average Bonchev–Trinajstić information content (AvgIpc) is 3.17. The minimum absolute atomic E-state index is 0.202. The third-order valence-corrected chi connectivity index (χ3v) is 5.33. The van der Waals surface area contributed by atoms with E-state index in [-0.39, 0.29) is 12.5 Å². The van der Waals surface area contributed by atoms with Gasteiger partial charge >= 0.3 is 0 Å². The van der Waals surface area contributed by atoms with Crippen LogP contribution >= 0.6 is 0 Å². The van der Waals surface area contributed by atoms with E-state index in [1.807, 2.05) is 42.6 Å². The lowest BCUT2D eigenvalue weighted by atomic mass is 9.99. The van der Waals surface area contributed by atoms with Crippen LogP contribution in [0.1, 0.15) is 41.7 Å². The highest BCUT2D eigenvalue weighted by Gasteiger charge is 2.23. The first kappa shape index (κ1) is 18.4. The second-order valence-corrected chi connectivity index (χ2v) is 7.18. The third-order valence-electron chi connectivity index (χ3n) is 5.33. The molecule has 1 atom stereocenters. The summed E-state index contributed by atoms with van der Waals surface area (Å²) in [5.41, 5.74) is 2.19. The quantitative estimate of drug-likeness (QED) is 0.612. The van der Waals surface area contributed by atoms with Crippen LogP contribution in [0.15, 0.2) is 42.6 Å². The van der Waals surface area contributed by atoms with Crippen LogP contribution in [-0.4, -0.2) is 45.4 Å². The number of hydrogen-bond donors (Lipinski definition) is 3. The molecule has 1 fully saturated rings. The molecular weight excluding hydrogens is 354 g/mol. The van der Waals surface area contributed by atoms with Crippen LogP contribution in [0.25, 0.3) is 10.9 Å². The highest BCUT2D eigenvalue weighted by atomic mass is 16.3. The molecule has 3 N–H and O–H groups in total. The summed E-state index contributed by atoms with van der Waals surface area (Å²) in [5.74, 6) is 0.729. The van der Waals surface area contributed by atoms with E-state index in [2.05, 4.69) is 25.4 Å². The molecule has 3 aromatic rings. The number of aliphatic hydroxyl groups excluding tert-OH is 1. The van der Waals surface area contributed by atoms with Crippen LogP contribution < -0.4 is 10.2 Å². The Morgan fingerprint density at radius 3 is 2.96 bits per heavy atom. The fourth-order valence-electron chi connectivity index (χ4n) is 3.85. The number of para-hydroxylation sites is 1. The molecule has 0 radical (unpaired) electrons. The molecule has 7 nitrogen and oxygen atoms in total. The number of nitrogens with zero attached hydrogens (tertiary/aromatic N) is 3. The monoisotopic (exact) mass is 379 g/mol. The van der Waals surface area contributed by atoms with Gasteiger partial charge in [-0.1, -0.05) is 24.3 Å². The molecule has 0 spiro atoms. The topological polar surface area (TPSA) is 94.1 Å². The molecule has 2 aromatic heterocycles. The number of piperidine rings is 1. The number of rotatable bonds is 6. The number of aliphatic hydroxyl groups is 1. The van der Waals surface area contributed by atoms with Gasteiger partial charge in [-0.2, -0.15) is 5.10 Å². The normalized spacial score (nSPS) is 17.0. The number of H-pyrrole nitrogens is 1. The van der Waals surface area contributed by atoms with Crippen LogP contribution in [0.4, 0.5) is 5.82 Å². The maximum absolute atomic E-state index is 12.5. The molecule has 0 saturated carbocycles. The van der Waals surface area contributed by atoms with Gasteiger partial charge in [-0.15, -0.1) is 0 Å². The number of carbonyl (C=O) groups is 1. The zero-order valence-electron chi connectivity index (χ0n) is 15.8. The lowest BCUT2D eigenvalue weighted by Crippen LogP contribution is -2.40. The number of carbonyl (C=O) groups excluding carboxylic acids is 1. The van der Waals surface area contributed by atoms with Gasteiger partial charge in [0.2, 0.25) is 0 Å². The molecule has 1 amide bonds. The zero-order valence-corrected chi connectivity index (χ0v) is 15.8. The first-order valence-electron chi connectivity index (χ1n) is 9.80. The van der Waals surface area contributed by atoms with Gasteiger partial charge in [-0.05, 0) is 43.4 Å². The molecular formula is C21H25N5O2. The minimum atomic E-state index is -0.208. The summed E-state index contributed by atoms with van der Waals surface area (Å²) in [5, 5.41) is 20.0. The van der Waals surface area contributed by atoms with E-state index in [9.17, 15) is 9.90 Å². The van der Waals surface area contributed by atoms with Gasteiger partial charge in [0.25, 0.3) is 5.91 Å². The summed E-state index contributed by atoms with van der Waals surface area (Å²) in [6.07, 6.45) is 6.03. The predicted octanol–water partition coefficient (Wildman–Crippen LogP) is 2.63. The van der Waals surface area contributed by atoms with Crippen molar-refractivity contribution in [2.75, 3.05) is 18.1 Å². The van der Waals surface area contributed by atoms with Gasteiger partial charge in [0, 0.05) is 37.3 Å². The zero-order chi connectivity index (χ0) is 19.3. The van der Waals surface area contributed by atoms with Crippen LogP contribution in [0, 0.1) is 0 Å². The second-order valence-electron chi connectivity index (χ2n) is 7.18. The van der Waals surface area contributed by atoms with Crippen molar-refractivity contribution in [3.63, 3.8) is 0 Å². The van der Waals surface area contributed by atoms with Gasteiger partial charge in [-0.25, -0.2) is 4.98 Å². The molecule has 1 aliphatic heterocycles. The summed E-state index contributed by atoms with van der Waals surface area (Å²) in [6.45, 7) is 1.57. The van der Waals surface area contributed by atoms with Crippen molar-refractivity contribution in [2.45, 2.75) is 38.3 Å². The Kier molecular flexibility index (Phi) is 5.53. The van der Waals surface area contributed by atoms with Crippen LogP contribution in [0.5, 0.6) is 0 Å². The number of nitrogens with one attached hydrogen (secondary N) is 2. The number of pyridine rings is 1. The molecule has 146 valence electrons. The van der Waals surface area contributed by atoms with Gasteiger partial charge in [0.15, 0.2) is 5.69 Å². The Bertz CT molecular complexity index is 935. The first-order valence-corrected chi connectivity index (χ1v) is 9.80. The number of anilines is 1. The Hall–Kier alpha value is -2.93. The Balaban J connectivity index is 1.40. The van der Waals surface area contributed by atoms with E-state index < -0.39 is 0 Å². The van der Waals surface area contributed by atoms with Crippen molar-refractivity contribution >= 4 is 22.6 Å². The average molecular weight is 379 g/mol. The van der Waals surface area contributed by atoms with Crippen molar-refractivity contribution in [2.24, 2.45) is 0 Å². The Labute approximate surface area is 163 Å². The second kappa shape index (κ2) is 8.39. The van der Waals surface area contributed by atoms with Gasteiger partial charge in [0.1, 0.15) is 5.82 Å². The standard InChI is InChI=1S/C21H25N5O2/c27-12-10-16-5-3-4-11-26(16)19-9-8-15(13-22-19)14-23-21(28)20-17-6-1-2-7-18(17)24-25-20/h1-2,6-9,13,16,27H,3-5,10-12,14H2,(H,23,28)(H,24,25)/t16-/m1/s1. The maximum Gasteiger partial charge on any atom is 0.272 e. The van der Waals surface area contributed by atoms with E-state index >= 15 is 0 Å². The van der Waals surface area contributed by atoms with Crippen molar-refractivity contribution in [3.05, 3.63) is 53.9 Å². The lowest BCUT2D eigenvalue weighted by Gasteiger charge is -2.36. The molecule has 4 rings (SSSR count). The van der Waals surface area contributed by atoms with Crippen LogP contribution in [0.2, 0.25) is 0 Å². The number of amides is 1. The molecule has 1 aromatic carbocycles. The van der Waals surface area contributed by atoms with Gasteiger partial charge < -0.3 is 15.3 Å². The Morgan fingerprint density at radius 1 is 1.25 bits per heavy atom. The largest absolute Gasteiger partial charge is 0.396 e. The molecule has 1 saturated heterocycles. The fourth-order valence-corrected chi connectivity index (χ4v) is 3.85. The molecule has 0 aliphatic carbocycles. The smallest absolute Gasteiger partial charge is 0.272 e. The van der Waals surface area contributed by atoms with Crippen molar-refractivity contribution in [1.82, 2.24) is 20.5 Å². The fraction of sp³-hybridized carbons (Fsp3) is 0.381. The number of aromatic amines is 1. The highest BCUT2D eigenvalue weighted by molar-refractivity contribution is 6.04. The van der Waals surface area contributed by atoms with E-state index in [4.69, 9.17) is 0 Å². The summed E-state index contributed by atoms with van der Waals surface area (Å²) in [4.78, 5) is 19.4. The van der Waals surface area contributed by atoms with Crippen molar-refractivity contribution in [3.8, 4) is 0 Å². The predicted molar refractivity (Wildman–Crippen MR) is 108 cm³/mol. The van der Waals surface area contributed by atoms with E-state index in [0.717, 1.165) is 48.1 Å². The molecule has 28 heavy (non-hydrogen) atoms. The molecule has 7 heteroatoms. The summed E-state index contributed by atoms with van der Waals surface area (Å²) < 4.78 is 0. The SMILES string of the molecule is O=C(NCc1ccc(N2CCCC[C@@H]2CCO)nc1)c1n[nH]c2ccccc12. The third kappa shape index (κ3) is 3.84. The highest BCUT2D eigenvalue weighted by Crippen LogP contribution is 2.25. The summed E-state index contributed by atoms with van der Waals surface area (Å²) in [7, 11) is 0. The van der Waals surface area contributed by atoms with Gasteiger partial charge in [0.05, 0.1) is 5.52 Å². The van der Waals surface area contributed by atoms with Crippen LogP contribution in [-0.2, 0) is 6.54 Å². The number of benzene rings is 1. The summed E-state index contributed by atoms with van der Waals surface area (Å²) >= 11 is 0. The molecule has 3 heterocycles. The van der Waals surface area contributed by atoms with E-state index in [1.165, 1.54) is 6.42 Å². The molecule has 1 aliphatic rings. The van der Waals surface area contributed by atoms with Crippen molar-refractivity contribution in [1.29, 1.82) is 0 Å². The number of fused-ring (bicyclic) bond motifs is 1. The molecule has 0 bridgehead atoms. The minimum Gasteiger partial charge on any atom is -0.396 e. The van der Waals surface area contributed by atoms with Crippen LogP contribution in [0.3, 0.4) is 0 Å². The van der Waals surface area contributed by atoms with E-state index in [1.54, 1.807) is 0 Å². The number of hydrogen-bond acceptors (Lipinski definition) is 5. The van der Waals surface area contributed by atoms with Crippen molar-refractivity contribution < 1.29 is 9.90 Å².